The van der Waals surface area contributed by atoms with Crippen LogP contribution >= 0.6 is 18.6 Å². The summed E-state index contributed by atoms with van der Waals surface area (Å²) in [5.41, 5.74) is 5.92. The van der Waals surface area contributed by atoms with E-state index in [-0.39, 0.29) is 11.1 Å². The first kappa shape index (κ1) is 33.6. The smallest absolute Gasteiger partial charge is 0.0135 e. The average Bonchev–Trinajstić information content (AvgIpc) is 3.08. The third-order valence-corrected chi connectivity index (χ3v) is 15.0. The van der Waals surface area contributed by atoms with Gasteiger partial charge in [0.15, 0.2) is 0 Å². The second kappa shape index (κ2) is 13.2. The fraction of sp³-hybridized carbons (Fsp3) is 0.692. The van der Waals surface area contributed by atoms with Crippen LogP contribution in [-0.4, -0.2) is 28.8 Å². The Hall–Kier alpha value is 0.608. The summed E-state index contributed by atoms with van der Waals surface area (Å²) in [6.45, 7) is 31.1. The molecule has 0 heterocycles. The van der Waals surface area contributed by atoms with Gasteiger partial charge in [0.1, 0.15) is 8.24 Å². The number of rotatable bonds is 4. The molecule has 0 aliphatic heterocycles. The van der Waals surface area contributed by atoms with Gasteiger partial charge in [0, 0.05) is 15.1 Å². The van der Waals surface area contributed by atoms with Gasteiger partial charge >= 0.3 is 105 Å². The zero-order valence-corrected chi connectivity index (χ0v) is 29.5. The van der Waals surface area contributed by atoms with Gasteiger partial charge in [-0.2, -0.15) is 0 Å². The molecule has 0 bridgehead atoms. The van der Waals surface area contributed by atoms with Crippen LogP contribution in [0.4, 0.5) is 0 Å². The van der Waals surface area contributed by atoms with Crippen molar-refractivity contribution in [1.82, 2.24) is 8.78 Å². The van der Waals surface area contributed by atoms with Crippen LogP contribution in [0.25, 0.3) is 0 Å². The standard InChI is InChI=1S/C13H25NSi.C7H9.C4H10N.C2H8Si.2ClH.Ti/c1-10-8-12(9-11(10)2)15(6,7)14-13(3,4)5;1-6-4-3-5-7(6)2;1-4(2,3)5;1-3-2;;;/h8,14H,9H2,1-7H3;4H,5H2,1-2H3;5H,1-3H3;3H2,1-2H3;2*1H;/q;;-1;;;;+3/p-2. The number of hydrogen-bond donors (Lipinski definition) is 2. The Kier molecular flexibility index (Phi) is 13.5. The minimum Gasteiger partial charge on any atom is -0.0750 e. The van der Waals surface area contributed by atoms with Gasteiger partial charge in [0.05, 0.1) is 0 Å². The fourth-order valence-electron chi connectivity index (χ4n) is 3.89. The summed E-state index contributed by atoms with van der Waals surface area (Å²) in [6.07, 6.45) is 6.70. The Labute approximate surface area is 221 Å². The quantitative estimate of drug-likeness (QED) is 0.333. The molecular formula is C26H52Cl2N2Si2Ti. The van der Waals surface area contributed by atoms with Crippen molar-refractivity contribution in [1.29, 1.82) is 0 Å². The van der Waals surface area contributed by atoms with E-state index in [1.165, 1.54) is 27.0 Å². The monoisotopic (exact) mass is 566 g/mol. The predicted molar refractivity (Wildman–Crippen MR) is 157 cm³/mol. The molecule has 0 spiro atoms. The van der Waals surface area contributed by atoms with Gasteiger partial charge in [-0.05, 0) is 41.0 Å². The summed E-state index contributed by atoms with van der Waals surface area (Å²) in [7, 11) is 12.0. The molecule has 0 unspecified atom stereocenters. The van der Waals surface area contributed by atoms with Crippen molar-refractivity contribution in [2.45, 2.75) is 119 Å². The van der Waals surface area contributed by atoms with E-state index in [1.807, 2.05) is 0 Å². The number of halogens is 2. The topological polar surface area (TPSA) is 24.1 Å². The largest absolute Gasteiger partial charge is 0.0750 e. The molecule has 2 aliphatic carbocycles. The summed E-state index contributed by atoms with van der Waals surface area (Å²) in [5, 5.41) is 1.65. The van der Waals surface area contributed by atoms with Crippen LogP contribution < -0.4 is 8.78 Å². The summed E-state index contributed by atoms with van der Waals surface area (Å²) >= 11 is -3.01. The minimum atomic E-state index is -3.01. The van der Waals surface area contributed by atoms with Crippen LogP contribution in [0.3, 0.4) is 0 Å². The van der Waals surface area contributed by atoms with Gasteiger partial charge in [-0.25, -0.2) is 0 Å². The Bertz CT molecular complexity index is 730. The van der Waals surface area contributed by atoms with Crippen LogP contribution in [0.1, 0.15) is 82.1 Å². The van der Waals surface area contributed by atoms with Crippen LogP contribution in [0, 0.1) is 0 Å². The van der Waals surface area contributed by atoms with E-state index in [0.29, 0.717) is 9.52 Å². The SMILES string of the molecule is CC1=C(C)CC([Si](C)(C)NC(C)(C)C)=C1.CC1=C(C)C[C]([Ti]([Cl])([Cl])[NH]C(C)(C)C)=C1.C[SiH2]C. The Morgan fingerprint density at radius 2 is 1.24 bits per heavy atom. The molecule has 2 N–H and O–H groups in total. The van der Waals surface area contributed by atoms with Crippen molar-refractivity contribution in [3.8, 4) is 0 Å². The van der Waals surface area contributed by atoms with Gasteiger partial charge < -0.3 is 4.98 Å². The molecule has 0 aromatic rings. The third kappa shape index (κ3) is 12.9. The van der Waals surface area contributed by atoms with Gasteiger partial charge in [0.2, 0.25) is 0 Å². The molecule has 2 rings (SSSR count). The number of hydrogen-bond acceptors (Lipinski definition) is 2. The van der Waals surface area contributed by atoms with Crippen molar-refractivity contribution in [3.63, 3.8) is 0 Å². The third-order valence-electron chi connectivity index (χ3n) is 5.46. The predicted octanol–water partition coefficient (Wildman–Crippen LogP) is 8.41. The summed E-state index contributed by atoms with van der Waals surface area (Å²) < 4.78 is 4.63. The van der Waals surface area contributed by atoms with Gasteiger partial charge in [-0.15, -0.1) is 0 Å². The van der Waals surface area contributed by atoms with E-state index in [0.717, 1.165) is 6.42 Å². The molecule has 0 amide bonds. The molecule has 2 aliphatic rings. The second-order valence-electron chi connectivity index (χ2n) is 12.3. The molecule has 0 atom stereocenters. The van der Waals surface area contributed by atoms with Gasteiger partial charge in [-0.3, -0.25) is 0 Å². The van der Waals surface area contributed by atoms with Gasteiger partial charge in [0.25, 0.3) is 0 Å². The molecule has 0 radical (unpaired) electrons. The Balaban J connectivity index is 0.000000555. The Morgan fingerprint density at radius 3 is 1.55 bits per heavy atom. The molecule has 0 aromatic carbocycles. The molecule has 2 nitrogen and oxygen atoms in total. The molecular weight excluding hydrogens is 515 g/mol. The number of nitrogens with one attached hydrogen (secondary N) is 2. The zero-order valence-electron chi connectivity index (χ0n) is 24.0. The molecule has 0 saturated carbocycles. The van der Waals surface area contributed by atoms with Crippen LogP contribution in [0.2, 0.25) is 26.2 Å². The minimum absolute atomic E-state index is 0.0191. The van der Waals surface area contributed by atoms with E-state index in [4.69, 9.17) is 18.6 Å². The molecule has 192 valence electrons. The molecule has 0 aromatic heterocycles. The first-order chi connectivity index (χ1) is 14.6. The van der Waals surface area contributed by atoms with Gasteiger partial charge in [-0.1, -0.05) is 48.6 Å². The van der Waals surface area contributed by atoms with Crippen LogP contribution in [0.15, 0.2) is 43.5 Å². The van der Waals surface area contributed by atoms with Crippen LogP contribution in [-0.2, 0) is 14.7 Å². The average molecular weight is 568 g/mol. The van der Waals surface area contributed by atoms with Crippen molar-refractivity contribution in [2.24, 2.45) is 0 Å². The van der Waals surface area contributed by atoms with Crippen molar-refractivity contribution in [2.75, 3.05) is 0 Å². The Morgan fingerprint density at radius 1 is 0.818 bits per heavy atom. The molecule has 33 heavy (non-hydrogen) atoms. The fourth-order valence-corrected chi connectivity index (χ4v) is 13.7. The molecule has 7 heteroatoms. The van der Waals surface area contributed by atoms with Crippen molar-refractivity contribution in [3.05, 3.63) is 43.5 Å². The summed E-state index contributed by atoms with van der Waals surface area (Å²) in [6, 6.07) is 0. The maximum Gasteiger partial charge on any atom is 0.0135 e. The zero-order chi connectivity index (χ0) is 26.4. The second-order valence-corrected chi connectivity index (χ2v) is 26.5. The van der Waals surface area contributed by atoms with E-state index in [9.17, 15) is 0 Å². The maximum absolute atomic E-state index is 6.50. The van der Waals surface area contributed by atoms with E-state index in [2.05, 4.69) is 116 Å². The summed E-state index contributed by atoms with van der Waals surface area (Å²) in [5.74, 6) is 0. The first-order valence-corrected chi connectivity index (χ1v) is 24.0. The van der Waals surface area contributed by atoms with Crippen molar-refractivity contribution >= 4 is 36.4 Å². The van der Waals surface area contributed by atoms with E-state index < -0.39 is 23.0 Å². The normalized spacial score (nSPS) is 17.3. The maximum atomic E-state index is 6.50. The first-order valence-electron chi connectivity index (χ1n) is 12.4. The van der Waals surface area contributed by atoms with Crippen LogP contribution in [0.5, 0.6) is 0 Å². The molecule has 0 saturated heterocycles. The summed E-state index contributed by atoms with van der Waals surface area (Å²) in [4.78, 5) is 3.82. The molecule has 0 fully saturated rings. The van der Waals surface area contributed by atoms with E-state index >= 15 is 0 Å². The van der Waals surface area contributed by atoms with E-state index in [1.54, 1.807) is 10.8 Å². The number of allylic oxidation sites excluding steroid dienone is 8. The van der Waals surface area contributed by atoms with Crippen molar-refractivity contribution < 1.29 is 14.7 Å².